The standard InChI is InChI=1S/C16H17BrFNO/c1-10-12(17)6-4-8-14(10)19-11(2)16-13(18)7-5-9-15(16)20-3/h4-9,11,19H,1-3H3. The van der Waals surface area contributed by atoms with Crippen molar-refractivity contribution in [2.45, 2.75) is 19.9 Å². The Morgan fingerprint density at radius 1 is 1.20 bits per heavy atom. The van der Waals surface area contributed by atoms with Crippen molar-refractivity contribution < 1.29 is 9.13 Å². The molecule has 0 aliphatic heterocycles. The molecule has 2 nitrogen and oxygen atoms in total. The molecule has 0 aliphatic carbocycles. The molecule has 0 spiro atoms. The second-order valence-corrected chi connectivity index (χ2v) is 5.49. The molecule has 0 heterocycles. The maximum absolute atomic E-state index is 14.0. The van der Waals surface area contributed by atoms with Crippen LogP contribution >= 0.6 is 15.9 Å². The van der Waals surface area contributed by atoms with Gasteiger partial charge >= 0.3 is 0 Å². The summed E-state index contributed by atoms with van der Waals surface area (Å²) >= 11 is 3.50. The molecule has 0 bridgehead atoms. The SMILES string of the molecule is COc1cccc(F)c1C(C)Nc1cccc(Br)c1C. The van der Waals surface area contributed by atoms with Crippen molar-refractivity contribution in [1.82, 2.24) is 0 Å². The summed E-state index contributed by atoms with van der Waals surface area (Å²) in [6.07, 6.45) is 0. The van der Waals surface area contributed by atoms with Gasteiger partial charge < -0.3 is 10.1 Å². The molecule has 20 heavy (non-hydrogen) atoms. The van der Waals surface area contributed by atoms with Gasteiger partial charge in [-0.15, -0.1) is 0 Å². The van der Waals surface area contributed by atoms with Crippen LogP contribution in [0.25, 0.3) is 0 Å². The van der Waals surface area contributed by atoms with Crippen LogP contribution in [0.5, 0.6) is 5.75 Å². The van der Waals surface area contributed by atoms with Crippen LogP contribution in [0.4, 0.5) is 10.1 Å². The van der Waals surface area contributed by atoms with Crippen LogP contribution in [0, 0.1) is 12.7 Å². The lowest BCUT2D eigenvalue weighted by molar-refractivity contribution is 0.402. The molecule has 2 aromatic rings. The fourth-order valence-electron chi connectivity index (χ4n) is 2.18. The highest BCUT2D eigenvalue weighted by molar-refractivity contribution is 9.10. The van der Waals surface area contributed by atoms with Crippen molar-refractivity contribution in [2.24, 2.45) is 0 Å². The number of anilines is 1. The van der Waals surface area contributed by atoms with E-state index in [0.29, 0.717) is 11.3 Å². The van der Waals surface area contributed by atoms with Crippen molar-refractivity contribution in [3.8, 4) is 5.75 Å². The van der Waals surface area contributed by atoms with E-state index in [-0.39, 0.29) is 11.9 Å². The normalized spacial score (nSPS) is 12.1. The van der Waals surface area contributed by atoms with Crippen molar-refractivity contribution >= 4 is 21.6 Å². The predicted molar refractivity (Wildman–Crippen MR) is 83.9 cm³/mol. The lowest BCUT2D eigenvalue weighted by Crippen LogP contribution is -2.11. The van der Waals surface area contributed by atoms with Crippen molar-refractivity contribution in [2.75, 3.05) is 12.4 Å². The van der Waals surface area contributed by atoms with Gasteiger partial charge in [0, 0.05) is 10.2 Å². The quantitative estimate of drug-likeness (QED) is 0.840. The summed E-state index contributed by atoms with van der Waals surface area (Å²) in [6.45, 7) is 3.93. The average Bonchev–Trinajstić information content (AvgIpc) is 2.43. The maximum Gasteiger partial charge on any atom is 0.132 e. The third kappa shape index (κ3) is 2.96. The highest BCUT2D eigenvalue weighted by Gasteiger charge is 2.17. The molecule has 0 saturated heterocycles. The Kier molecular flexibility index (Phi) is 4.65. The molecular weight excluding hydrogens is 321 g/mol. The Balaban J connectivity index is 2.33. The van der Waals surface area contributed by atoms with Crippen LogP contribution in [0.3, 0.4) is 0 Å². The van der Waals surface area contributed by atoms with E-state index in [1.54, 1.807) is 19.2 Å². The number of halogens is 2. The largest absolute Gasteiger partial charge is 0.496 e. The third-order valence-corrected chi connectivity index (χ3v) is 4.16. The van der Waals surface area contributed by atoms with E-state index < -0.39 is 0 Å². The zero-order valence-corrected chi connectivity index (χ0v) is 13.3. The second kappa shape index (κ2) is 6.27. The number of hydrogen-bond acceptors (Lipinski definition) is 2. The van der Waals surface area contributed by atoms with Gasteiger partial charge in [0.15, 0.2) is 0 Å². The van der Waals surface area contributed by atoms with Gasteiger partial charge in [0.2, 0.25) is 0 Å². The molecular formula is C16H17BrFNO. The van der Waals surface area contributed by atoms with E-state index in [9.17, 15) is 4.39 Å². The first-order valence-corrected chi connectivity index (χ1v) is 7.18. The zero-order chi connectivity index (χ0) is 14.7. The van der Waals surface area contributed by atoms with Gasteiger partial charge in [-0.05, 0) is 43.7 Å². The zero-order valence-electron chi connectivity index (χ0n) is 11.7. The molecule has 0 saturated carbocycles. The van der Waals surface area contributed by atoms with E-state index in [1.807, 2.05) is 32.0 Å². The highest BCUT2D eigenvalue weighted by Crippen LogP contribution is 2.32. The second-order valence-electron chi connectivity index (χ2n) is 4.63. The minimum atomic E-state index is -0.267. The first kappa shape index (κ1) is 14.9. The Hall–Kier alpha value is -1.55. The van der Waals surface area contributed by atoms with Gasteiger partial charge in [-0.3, -0.25) is 0 Å². The molecule has 2 rings (SSSR count). The lowest BCUT2D eigenvalue weighted by atomic mass is 10.1. The third-order valence-electron chi connectivity index (χ3n) is 3.31. The molecule has 0 radical (unpaired) electrons. The number of benzene rings is 2. The van der Waals surface area contributed by atoms with E-state index in [1.165, 1.54) is 6.07 Å². The van der Waals surface area contributed by atoms with Crippen LogP contribution < -0.4 is 10.1 Å². The molecule has 2 aromatic carbocycles. The van der Waals surface area contributed by atoms with Crippen LogP contribution in [0.15, 0.2) is 40.9 Å². The minimum Gasteiger partial charge on any atom is -0.496 e. The first-order chi connectivity index (χ1) is 9.54. The van der Waals surface area contributed by atoms with E-state index in [0.717, 1.165) is 15.7 Å². The Labute approximate surface area is 127 Å². The molecule has 0 fully saturated rings. The number of methoxy groups -OCH3 is 1. The average molecular weight is 338 g/mol. The van der Waals surface area contributed by atoms with Gasteiger partial charge in [0.1, 0.15) is 11.6 Å². The summed E-state index contributed by atoms with van der Waals surface area (Å²) in [6, 6.07) is 10.6. The topological polar surface area (TPSA) is 21.3 Å². The molecule has 0 aliphatic rings. The van der Waals surface area contributed by atoms with Crippen molar-refractivity contribution in [3.63, 3.8) is 0 Å². The number of rotatable bonds is 4. The number of ether oxygens (including phenoxy) is 1. The van der Waals surface area contributed by atoms with E-state index >= 15 is 0 Å². The number of hydrogen-bond donors (Lipinski definition) is 1. The summed E-state index contributed by atoms with van der Waals surface area (Å²) in [7, 11) is 1.55. The molecule has 106 valence electrons. The molecule has 4 heteroatoms. The molecule has 1 atom stereocenters. The molecule has 0 amide bonds. The van der Waals surface area contributed by atoms with Crippen LogP contribution in [0.2, 0.25) is 0 Å². The van der Waals surface area contributed by atoms with Crippen molar-refractivity contribution in [3.05, 3.63) is 57.8 Å². The summed E-state index contributed by atoms with van der Waals surface area (Å²) in [4.78, 5) is 0. The van der Waals surface area contributed by atoms with Gasteiger partial charge in [0.25, 0.3) is 0 Å². The summed E-state index contributed by atoms with van der Waals surface area (Å²) in [5, 5.41) is 3.33. The Morgan fingerprint density at radius 3 is 2.60 bits per heavy atom. The smallest absolute Gasteiger partial charge is 0.132 e. The van der Waals surface area contributed by atoms with Crippen LogP contribution in [-0.4, -0.2) is 7.11 Å². The minimum absolute atomic E-state index is 0.195. The highest BCUT2D eigenvalue weighted by atomic mass is 79.9. The van der Waals surface area contributed by atoms with Gasteiger partial charge in [-0.2, -0.15) is 0 Å². The summed E-state index contributed by atoms with van der Waals surface area (Å²) in [5.74, 6) is 0.287. The van der Waals surface area contributed by atoms with E-state index in [2.05, 4.69) is 21.2 Å². The fraction of sp³-hybridized carbons (Fsp3) is 0.250. The Morgan fingerprint density at radius 2 is 1.90 bits per heavy atom. The van der Waals surface area contributed by atoms with Crippen LogP contribution in [-0.2, 0) is 0 Å². The molecule has 0 aromatic heterocycles. The Bertz CT molecular complexity index is 615. The molecule has 1 N–H and O–H groups in total. The van der Waals surface area contributed by atoms with Gasteiger partial charge in [-0.1, -0.05) is 28.1 Å². The summed E-state index contributed by atoms with van der Waals surface area (Å²) in [5.41, 5.74) is 2.60. The summed E-state index contributed by atoms with van der Waals surface area (Å²) < 4.78 is 20.3. The predicted octanol–water partition coefficient (Wildman–Crippen LogP) is 5.08. The van der Waals surface area contributed by atoms with Crippen molar-refractivity contribution in [1.29, 1.82) is 0 Å². The maximum atomic E-state index is 14.0. The van der Waals surface area contributed by atoms with Crippen LogP contribution in [0.1, 0.15) is 24.1 Å². The van der Waals surface area contributed by atoms with Gasteiger partial charge in [-0.25, -0.2) is 4.39 Å². The lowest BCUT2D eigenvalue weighted by Gasteiger charge is -2.20. The molecule has 1 unspecified atom stereocenters. The van der Waals surface area contributed by atoms with E-state index in [4.69, 9.17) is 4.74 Å². The fourth-order valence-corrected chi connectivity index (χ4v) is 2.55. The monoisotopic (exact) mass is 337 g/mol. The van der Waals surface area contributed by atoms with Gasteiger partial charge in [0.05, 0.1) is 18.7 Å². The first-order valence-electron chi connectivity index (χ1n) is 6.38. The number of nitrogens with one attached hydrogen (secondary N) is 1.